The number of carbonyl (C=O) groups is 4. The van der Waals surface area contributed by atoms with Gasteiger partial charge in [-0.1, -0.05) is 0 Å². The van der Waals surface area contributed by atoms with Crippen LogP contribution in [0.15, 0.2) is 0 Å². The molecule has 0 aromatic heterocycles. The first kappa shape index (κ1) is 21.6. The Hall–Kier alpha value is -1.68. The molecule has 21 heavy (non-hydrogen) atoms. The maximum Gasteiger partial charge on any atom is 4.00 e. The van der Waals surface area contributed by atoms with E-state index in [1.165, 1.54) is 0 Å². The second kappa shape index (κ2) is 11.0. The molecule has 10 nitrogen and oxygen atoms in total. The molecule has 1 radical (unpaired) electrons. The van der Waals surface area contributed by atoms with Gasteiger partial charge in [0.25, 0.3) is 0 Å². The van der Waals surface area contributed by atoms with Crippen LogP contribution in [0.25, 0.3) is 0 Å². The van der Waals surface area contributed by atoms with Crippen molar-refractivity contribution >= 4 is 23.9 Å². The summed E-state index contributed by atoms with van der Waals surface area (Å²) in [6.07, 6.45) is 0. The standard InChI is InChI=1S/C10H16N2O8.Mn/c13-7(14)3-11(4-8(15)16)1-2-12(5-9(17)18)6-10(19)20;/h1-6H2,(H,13,14)(H,15,16)(H,17,18)(H,19,20);/q;+4/p-4. The minimum absolute atomic E-state index is 0. The number of carbonyl (C=O) groups excluding carboxylic acids is 4. The van der Waals surface area contributed by atoms with E-state index in [-0.39, 0.29) is 30.2 Å². The van der Waals surface area contributed by atoms with E-state index in [1.54, 1.807) is 0 Å². The summed E-state index contributed by atoms with van der Waals surface area (Å²) < 4.78 is 0. The molecule has 117 valence electrons. The van der Waals surface area contributed by atoms with Gasteiger partial charge in [-0.05, 0) is 0 Å². The van der Waals surface area contributed by atoms with Crippen LogP contribution >= 0.6 is 0 Å². The van der Waals surface area contributed by atoms with Crippen molar-refractivity contribution in [2.45, 2.75) is 0 Å². The van der Waals surface area contributed by atoms with E-state index >= 15 is 0 Å². The maximum absolute atomic E-state index is 10.4. The molecule has 0 saturated carbocycles. The molecule has 0 fully saturated rings. The van der Waals surface area contributed by atoms with Crippen molar-refractivity contribution in [2.24, 2.45) is 0 Å². The van der Waals surface area contributed by atoms with E-state index < -0.39 is 50.1 Å². The molecular formula is C10H12MnN2O8. The van der Waals surface area contributed by atoms with Gasteiger partial charge in [-0.2, -0.15) is 0 Å². The molecule has 0 atom stereocenters. The summed E-state index contributed by atoms with van der Waals surface area (Å²) in [5.41, 5.74) is 0. The monoisotopic (exact) mass is 343 g/mol. The van der Waals surface area contributed by atoms with Gasteiger partial charge in [-0.25, -0.2) is 0 Å². The minimum atomic E-state index is -1.53. The first-order valence-electron chi connectivity index (χ1n) is 5.44. The Bertz CT molecular complexity index is 321. The number of hydrogen-bond acceptors (Lipinski definition) is 10. The van der Waals surface area contributed by atoms with Crippen LogP contribution in [0, 0.1) is 0 Å². The van der Waals surface area contributed by atoms with Crippen molar-refractivity contribution in [3.63, 3.8) is 0 Å². The van der Waals surface area contributed by atoms with Crippen LogP contribution in [0.4, 0.5) is 0 Å². The zero-order chi connectivity index (χ0) is 15.7. The van der Waals surface area contributed by atoms with E-state index in [2.05, 4.69) is 0 Å². The van der Waals surface area contributed by atoms with E-state index in [1.807, 2.05) is 0 Å². The molecule has 0 amide bonds. The van der Waals surface area contributed by atoms with Crippen molar-refractivity contribution in [2.75, 3.05) is 39.3 Å². The summed E-state index contributed by atoms with van der Waals surface area (Å²) >= 11 is 0. The molecule has 0 aromatic rings. The predicted molar refractivity (Wildman–Crippen MR) is 52.9 cm³/mol. The third-order valence-corrected chi connectivity index (χ3v) is 2.14. The third-order valence-electron chi connectivity index (χ3n) is 2.14. The summed E-state index contributed by atoms with van der Waals surface area (Å²) in [5, 5.41) is 41.6. The van der Waals surface area contributed by atoms with Crippen LogP contribution in [0.1, 0.15) is 0 Å². The average molecular weight is 343 g/mol. The smallest absolute Gasteiger partial charge is 0.549 e. The molecule has 0 aliphatic rings. The van der Waals surface area contributed by atoms with Crippen molar-refractivity contribution in [1.82, 2.24) is 9.80 Å². The third kappa shape index (κ3) is 13.1. The molecule has 0 aliphatic heterocycles. The van der Waals surface area contributed by atoms with Crippen LogP contribution in [-0.4, -0.2) is 72.9 Å². The van der Waals surface area contributed by atoms with E-state index in [4.69, 9.17) is 0 Å². The quantitative estimate of drug-likeness (QED) is 0.329. The minimum Gasteiger partial charge on any atom is -0.549 e. The number of hydrogen-bond donors (Lipinski definition) is 0. The molecule has 0 bridgehead atoms. The second-order valence-corrected chi connectivity index (χ2v) is 3.91. The maximum atomic E-state index is 10.4. The van der Waals surface area contributed by atoms with Gasteiger partial charge >= 0.3 is 17.1 Å². The van der Waals surface area contributed by atoms with Crippen molar-refractivity contribution in [1.29, 1.82) is 0 Å². The number of aliphatic carboxylic acids is 4. The van der Waals surface area contributed by atoms with Gasteiger partial charge < -0.3 is 39.6 Å². The number of carboxylic acids is 4. The first-order valence-corrected chi connectivity index (χ1v) is 5.44. The van der Waals surface area contributed by atoms with Crippen LogP contribution in [0.5, 0.6) is 0 Å². The van der Waals surface area contributed by atoms with Gasteiger partial charge in [0.15, 0.2) is 0 Å². The van der Waals surface area contributed by atoms with Gasteiger partial charge in [-0.15, -0.1) is 0 Å². The Kier molecular flexibility index (Phi) is 11.4. The van der Waals surface area contributed by atoms with Gasteiger partial charge in [0.2, 0.25) is 0 Å². The van der Waals surface area contributed by atoms with E-state index in [0.29, 0.717) is 0 Å². The molecule has 0 spiro atoms. The van der Waals surface area contributed by atoms with Crippen molar-refractivity contribution in [3.05, 3.63) is 0 Å². The zero-order valence-electron chi connectivity index (χ0n) is 10.8. The Labute approximate surface area is 130 Å². The summed E-state index contributed by atoms with van der Waals surface area (Å²) in [5.74, 6) is -6.12. The average Bonchev–Trinajstić information content (AvgIpc) is 2.22. The Morgan fingerprint density at radius 2 is 0.762 bits per heavy atom. The molecule has 0 aromatic carbocycles. The normalized spacial score (nSPS) is 10.2. The summed E-state index contributed by atoms with van der Waals surface area (Å²) in [7, 11) is 0. The number of nitrogens with zero attached hydrogens (tertiary/aromatic N) is 2. The van der Waals surface area contributed by atoms with E-state index in [9.17, 15) is 39.6 Å². The second-order valence-electron chi connectivity index (χ2n) is 3.91. The molecule has 0 aliphatic carbocycles. The summed E-state index contributed by atoms with van der Waals surface area (Å²) in [6.45, 7) is -3.25. The fourth-order valence-electron chi connectivity index (χ4n) is 1.44. The Morgan fingerprint density at radius 3 is 0.905 bits per heavy atom. The molecular weight excluding hydrogens is 331 g/mol. The van der Waals surface area contributed by atoms with Gasteiger partial charge in [0.05, 0.1) is 23.9 Å². The topological polar surface area (TPSA) is 167 Å². The van der Waals surface area contributed by atoms with Gasteiger partial charge in [0.1, 0.15) is 0 Å². The fourth-order valence-corrected chi connectivity index (χ4v) is 1.44. The first-order chi connectivity index (χ1) is 9.20. The Morgan fingerprint density at radius 1 is 0.571 bits per heavy atom. The molecule has 0 N–H and O–H groups in total. The van der Waals surface area contributed by atoms with Crippen LogP contribution in [-0.2, 0) is 36.2 Å². The summed E-state index contributed by atoms with van der Waals surface area (Å²) in [4.78, 5) is 43.4. The Balaban J connectivity index is 0. The zero-order valence-corrected chi connectivity index (χ0v) is 12.0. The largest absolute Gasteiger partial charge is 4.00 e. The SMILES string of the molecule is O=C([O-])CN(CCN(CC(=O)[O-])CC(=O)[O-])CC(=O)[O-].[Mn+4]. The fraction of sp³-hybridized carbons (Fsp3) is 0.600. The van der Waals surface area contributed by atoms with Crippen molar-refractivity contribution in [3.8, 4) is 0 Å². The molecule has 11 heteroatoms. The molecule has 0 rings (SSSR count). The molecule has 0 heterocycles. The molecule has 0 saturated heterocycles. The van der Waals surface area contributed by atoms with Crippen LogP contribution in [0.2, 0.25) is 0 Å². The van der Waals surface area contributed by atoms with Crippen molar-refractivity contribution < 1.29 is 56.7 Å². The summed E-state index contributed by atoms with van der Waals surface area (Å²) in [6, 6.07) is 0. The molecule has 0 unspecified atom stereocenters. The number of rotatable bonds is 11. The van der Waals surface area contributed by atoms with Gasteiger partial charge in [0, 0.05) is 39.3 Å². The predicted octanol–water partition coefficient (Wildman–Crippen LogP) is -7.41. The van der Waals surface area contributed by atoms with Crippen LogP contribution in [0.3, 0.4) is 0 Å². The van der Waals surface area contributed by atoms with E-state index in [0.717, 1.165) is 9.80 Å². The number of carboxylic acid groups (broad SMARTS) is 4. The van der Waals surface area contributed by atoms with Crippen LogP contribution < -0.4 is 20.4 Å². The van der Waals surface area contributed by atoms with Gasteiger partial charge in [-0.3, -0.25) is 9.80 Å².